The molecule has 0 amide bonds. The van der Waals surface area contributed by atoms with Crippen molar-refractivity contribution in [3.63, 3.8) is 0 Å². The molecule has 0 saturated carbocycles. The number of rotatable bonds is 5. The van der Waals surface area contributed by atoms with E-state index in [1.165, 1.54) is 14.2 Å². The first-order valence-corrected chi connectivity index (χ1v) is 5.23. The van der Waals surface area contributed by atoms with E-state index in [9.17, 15) is 17.6 Å². The first-order valence-electron chi connectivity index (χ1n) is 5.23. The highest BCUT2D eigenvalue weighted by Gasteiger charge is 2.34. The molecule has 0 aliphatic carbocycles. The van der Waals surface area contributed by atoms with Crippen LogP contribution in [0, 0.1) is 5.82 Å². The highest BCUT2D eigenvalue weighted by molar-refractivity contribution is 5.28. The normalized spacial score (nSPS) is 13.9. The Hall–Kier alpha value is -1.22. The van der Waals surface area contributed by atoms with E-state index in [4.69, 9.17) is 15.3 Å². The van der Waals surface area contributed by atoms with Gasteiger partial charge in [0, 0.05) is 14.2 Å². The van der Waals surface area contributed by atoms with Gasteiger partial charge in [-0.2, -0.15) is 13.2 Å². The van der Waals surface area contributed by atoms with Crippen LogP contribution in [-0.2, 0) is 15.7 Å². The van der Waals surface area contributed by atoms with Crippen LogP contribution < -0.4 is 11.3 Å². The van der Waals surface area contributed by atoms with Crippen LogP contribution >= 0.6 is 0 Å². The number of hydrogen-bond acceptors (Lipinski definition) is 4. The van der Waals surface area contributed by atoms with Crippen LogP contribution in [0.25, 0.3) is 0 Å². The van der Waals surface area contributed by atoms with E-state index in [0.717, 1.165) is 12.1 Å². The Morgan fingerprint density at radius 2 is 1.79 bits per heavy atom. The van der Waals surface area contributed by atoms with Gasteiger partial charge in [0.1, 0.15) is 5.82 Å². The van der Waals surface area contributed by atoms with E-state index in [-0.39, 0.29) is 5.56 Å². The van der Waals surface area contributed by atoms with Crippen molar-refractivity contribution in [3.05, 3.63) is 35.1 Å². The van der Waals surface area contributed by atoms with Crippen molar-refractivity contribution in [2.24, 2.45) is 5.84 Å². The van der Waals surface area contributed by atoms with Gasteiger partial charge in [-0.15, -0.1) is 0 Å². The Morgan fingerprint density at radius 3 is 2.16 bits per heavy atom. The molecule has 108 valence electrons. The lowest BCUT2D eigenvalue weighted by atomic mass is 10.0. The van der Waals surface area contributed by atoms with Crippen molar-refractivity contribution >= 4 is 0 Å². The fourth-order valence-corrected chi connectivity index (χ4v) is 1.66. The topological polar surface area (TPSA) is 56.5 Å². The SMILES string of the molecule is COC(OC)C(NN)c1ccc(C(F)(F)F)c(F)c1. The second kappa shape index (κ2) is 6.29. The third-order valence-electron chi connectivity index (χ3n) is 2.57. The molecule has 0 radical (unpaired) electrons. The van der Waals surface area contributed by atoms with Gasteiger partial charge in [-0.05, 0) is 17.7 Å². The van der Waals surface area contributed by atoms with Crippen molar-refractivity contribution < 1.29 is 27.0 Å². The zero-order chi connectivity index (χ0) is 14.6. The van der Waals surface area contributed by atoms with Crippen molar-refractivity contribution in [2.45, 2.75) is 18.5 Å². The van der Waals surface area contributed by atoms with Crippen LogP contribution in [0.5, 0.6) is 0 Å². The maximum absolute atomic E-state index is 13.4. The van der Waals surface area contributed by atoms with Crippen LogP contribution in [0.2, 0.25) is 0 Å². The maximum atomic E-state index is 13.4. The molecule has 8 heteroatoms. The summed E-state index contributed by atoms with van der Waals surface area (Å²) in [7, 11) is 2.66. The number of benzene rings is 1. The third kappa shape index (κ3) is 3.63. The van der Waals surface area contributed by atoms with Gasteiger partial charge < -0.3 is 9.47 Å². The second-order valence-electron chi connectivity index (χ2n) is 3.72. The predicted molar refractivity (Wildman–Crippen MR) is 59.3 cm³/mol. The van der Waals surface area contributed by atoms with E-state index in [2.05, 4.69) is 5.43 Å². The summed E-state index contributed by atoms with van der Waals surface area (Å²) in [4.78, 5) is 0. The summed E-state index contributed by atoms with van der Waals surface area (Å²) in [6, 6.07) is 1.71. The number of hydrogen-bond donors (Lipinski definition) is 2. The molecule has 1 atom stereocenters. The van der Waals surface area contributed by atoms with Crippen molar-refractivity contribution in [1.82, 2.24) is 5.43 Å². The van der Waals surface area contributed by atoms with Crippen LogP contribution in [0.1, 0.15) is 17.2 Å². The molecule has 3 N–H and O–H groups in total. The highest BCUT2D eigenvalue weighted by atomic mass is 19.4. The lowest BCUT2D eigenvalue weighted by Gasteiger charge is -2.24. The largest absolute Gasteiger partial charge is 0.419 e. The van der Waals surface area contributed by atoms with Gasteiger partial charge in [-0.3, -0.25) is 5.84 Å². The summed E-state index contributed by atoms with van der Waals surface area (Å²) in [6.07, 6.45) is -5.60. The van der Waals surface area contributed by atoms with Gasteiger partial charge in [0.2, 0.25) is 0 Å². The number of halogens is 4. The molecule has 0 heterocycles. The van der Waals surface area contributed by atoms with Gasteiger partial charge in [0.25, 0.3) is 0 Å². The Bertz CT molecular complexity index is 422. The Balaban J connectivity index is 3.11. The van der Waals surface area contributed by atoms with E-state index >= 15 is 0 Å². The fourth-order valence-electron chi connectivity index (χ4n) is 1.66. The maximum Gasteiger partial charge on any atom is 0.419 e. The van der Waals surface area contributed by atoms with Crippen LogP contribution in [0.4, 0.5) is 17.6 Å². The zero-order valence-corrected chi connectivity index (χ0v) is 10.3. The van der Waals surface area contributed by atoms with E-state index in [1.807, 2.05) is 0 Å². The number of ether oxygens (including phenoxy) is 2. The quantitative estimate of drug-likeness (QED) is 0.375. The molecule has 1 unspecified atom stereocenters. The fraction of sp³-hybridized carbons (Fsp3) is 0.455. The molecular weight excluding hydrogens is 268 g/mol. The number of alkyl halides is 3. The smallest absolute Gasteiger partial charge is 0.354 e. The van der Waals surface area contributed by atoms with Crippen LogP contribution in [-0.4, -0.2) is 20.5 Å². The monoisotopic (exact) mass is 282 g/mol. The molecule has 0 aliphatic rings. The zero-order valence-electron chi connectivity index (χ0n) is 10.3. The molecule has 4 nitrogen and oxygen atoms in total. The lowest BCUT2D eigenvalue weighted by Crippen LogP contribution is -2.38. The van der Waals surface area contributed by atoms with Crippen molar-refractivity contribution in [3.8, 4) is 0 Å². The number of nitrogens with two attached hydrogens (primary N) is 1. The number of hydrazine groups is 1. The number of methoxy groups -OCH3 is 2. The molecule has 19 heavy (non-hydrogen) atoms. The molecule has 0 saturated heterocycles. The molecule has 0 bridgehead atoms. The molecule has 0 aliphatic heterocycles. The molecule has 0 fully saturated rings. The molecule has 1 aromatic carbocycles. The molecule has 1 rings (SSSR count). The molecule has 1 aromatic rings. The average Bonchev–Trinajstić information content (AvgIpc) is 2.34. The van der Waals surface area contributed by atoms with Gasteiger partial charge >= 0.3 is 6.18 Å². The van der Waals surface area contributed by atoms with Crippen molar-refractivity contribution in [1.29, 1.82) is 0 Å². The van der Waals surface area contributed by atoms with Gasteiger partial charge in [0.05, 0.1) is 11.6 Å². The van der Waals surface area contributed by atoms with Crippen molar-refractivity contribution in [2.75, 3.05) is 14.2 Å². The summed E-state index contributed by atoms with van der Waals surface area (Å²) < 4.78 is 60.6. The summed E-state index contributed by atoms with van der Waals surface area (Å²) in [5, 5.41) is 0. The third-order valence-corrected chi connectivity index (χ3v) is 2.57. The minimum absolute atomic E-state index is 0.182. The minimum atomic E-state index is -4.74. The Kier molecular flexibility index (Phi) is 5.24. The standard InChI is InChI=1S/C11H14F4N2O2/c1-18-10(19-2)9(17-16)6-3-4-7(8(12)5-6)11(13,14)15/h3-5,9-10,17H,16H2,1-2H3. The molecule has 0 aromatic heterocycles. The van der Waals surface area contributed by atoms with Gasteiger partial charge in [-0.1, -0.05) is 6.07 Å². The van der Waals surface area contributed by atoms with E-state index < -0.39 is 29.9 Å². The summed E-state index contributed by atoms with van der Waals surface area (Å²) in [6.45, 7) is 0. The predicted octanol–water partition coefficient (Wildman–Crippen LogP) is 1.97. The molecule has 0 spiro atoms. The van der Waals surface area contributed by atoms with Gasteiger partial charge in [-0.25, -0.2) is 9.82 Å². The summed E-state index contributed by atoms with van der Waals surface area (Å²) in [5.74, 6) is 3.90. The number of nitrogens with one attached hydrogen (secondary N) is 1. The Labute approximate surface area is 107 Å². The lowest BCUT2D eigenvalue weighted by molar-refractivity contribution is -0.140. The van der Waals surface area contributed by atoms with Gasteiger partial charge in [0.15, 0.2) is 6.29 Å². The minimum Gasteiger partial charge on any atom is -0.354 e. The summed E-state index contributed by atoms with van der Waals surface area (Å²) >= 11 is 0. The summed E-state index contributed by atoms with van der Waals surface area (Å²) in [5.41, 5.74) is 1.16. The first-order chi connectivity index (χ1) is 8.85. The average molecular weight is 282 g/mol. The molecular formula is C11H14F4N2O2. The second-order valence-corrected chi connectivity index (χ2v) is 3.72. The first kappa shape index (κ1) is 15.8. The van der Waals surface area contributed by atoms with Crippen LogP contribution in [0.15, 0.2) is 18.2 Å². The highest BCUT2D eigenvalue weighted by Crippen LogP contribution is 2.32. The van der Waals surface area contributed by atoms with Crippen LogP contribution in [0.3, 0.4) is 0 Å². The Morgan fingerprint density at radius 1 is 1.21 bits per heavy atom. The van der Waals surface area contributed by atoms with E-state index in [0.29, 0.717) is 6.07 Å². The van der Waals surface area contributed by atoms with E-state index in [1.54, 1.807) is 0 Å².